The summed E-state index contributed by atoms with van der Waals surface area (Å²) in [7, 11) is 0. The van der Waals surface area contributed by atoms with E-state index in [0.29, 0.717) is 6.42 Å². The molecule has 4 heteroatoms. The number of rotatable bonds is 21. The summed E-state index contributed by atoms with van der Waals surface area (Å²) in [4.78, 5) is 12.4. The van der Waals surface area contributed by atoms with Crippen LogP contribution in [0.25, 0.3) is 11.0 Å². The highest BCUT2D eigenvalue weighted by molar-refractivity contribution is 5.88. The number of fused-ring (bicyclic) bond motifs is 1. The smallest absolute Gasteiger partial charge is 0.248 e. The molecule has 1 aromatic carbocycles. The number of nitrogens with zero attached hydrogens (tertiary/aromatic N) is 3. The molecule has 0 N–H and O–H groups in total. The van der Waals surface area contributed by atoms with Gasteiger partial charge in [0.25, 0.3) is 0 Å². The van der Waals surface area contributed by atoms with Gasteiger partial charge in [-0.15, -0.1) is 5.10 Å². The number of carbonyl (C=O) groups is 1. The van der Waals surface area contributed by atoms with Gasteiger partial charge in [0, 0.05) is 6.42 Å². The summed E-state index contributed by atoms with van der Waals surface area (Å²) >= 11 is 0. The predicted molar refractivity (Wildman–Crippen MR) is 141 cm³/mol. The number of unbranched alkanes of at least 4 members (excludes halogenated alkanes) is 19. The van der Waals surface area contributed by atoms with Gasteiger partial charge < -0.3 is 0 Å². The Labute approximate surface area is 202 Å². The lowest BCUT2D eigenvalue weighted by molar-refractivity contribution is 0.0886. The Bertz CT molecular complexity index is 739. The standard InChI is InChI=1S/C29H49N3O/c1-2-3-4-5-6-7-8-9-10-11-12-13-14-15-16-17-18-19-20-21-26-29(33)32-28-25-23-22-24-27(28)30-31-32/h22-25H,2-21,26H2,1H3. The van der Waals surface area contributed by atoms with Crippen LogP contribution in [0.15, 0.2) is 24.3 Å². The summed E-state index contributed by atoms with van der Waals surface area (Å²) in [6.07, 6.45) is 28.0. The van der Waals surface area contributed by atoms with Gasteiger partial charge in [-0.2, -0.15) is 4.68 Å². The van der Waals surface area contributed by atoms with Crippen molar-refractivity contribution in [1.29, 1.82) is 0 Å². The van der Waals surface area contributed by atoms with Gasteiger partial charge in [0.05, 0.1) is 5.52 Å². The first kappa shape index (κ1) is 27.5. The second kappa shape index (κ2) is 18.7. The molecule has 2 rings (SSSR count). The van der Waals surface area contributed by atoms with Gasteiger partial charge in [0.2, 0.25) is 5.91 Å². The first-order valence-corrected chi connectivity index (χ1v) is 14.2. The van der Waals surface area contributed by atoms with E-state index >= 15 is 0 Å². The average molecular weight is 456 g/mol. The summed E-state index contributed by atoms with van der Waals surface area (Å²) < 4.78 is 1.46. The second-order valence-electron chi connectivity index (χ2n) is 9.85. The second-order valence-corrected chi connectivity index (χ2v) is 9.85. The SMILES string of the molecule is CCCCCCCCCCCCCCCCCCCCCCC(=O)n1nnc2ccccc21. The van der Waals surface area contributed by atoms with E-state index in [1.807, 2.05) is 24.3 Å². The van der Waals surface area contributed by atoms with Crippen molar-refractivity contribution in [3.8, 4) is 0 Å². The molecule has 0 radical (unpaired) electrons. The van der Waals surface area contributed by atoms with Gasteiger partial charge in [-0.05, 0) is 18.6 Å². The molecule has 1 heterocycles. The fourth-order valence-corrected chi connectivity index (χ4v) is 4.69. The number of para-hydroxylation sites is 1. The molecule has 0 aliphatic carbocycles. The first-order chi connectivity index (χ1) is 16.3. The van der Waals surface area contributed by atoms with Crippen LogP contribution in [-0.4, -0.2) is 20.9 Å². The van der Waals surface area contributed by atoms with Crippen molar-refractivity contribution < 1.29 is 4.79 Å². The number of aromatic nitrogens is 3. The molecule has 4 nitrogen and oxygen atoms in total. The minimum absolute atomic E-state index is 0.0612. The van der Waals surface area contributed by atoms with Gasteiger partial charge in [-0.25, -0.2) is 0 Å². The molecule has 186 valence electrons. The van der Waals surface area contributed by atoms with E-state index in [9.17, 15) is 4.79 Å². The van der Waals surface area contributed by atoms with Gasteiger partial charge in [0.1, 0.15) is 5.52 Å². The van der Waals surface area contributed by atoms with Crippen LogP contribution in [0.5, 0.6) is 0 Å². The van der Waals surface area contributed by atoms with Gasteiger partial charge in [0.15, 0.2) is 0 Å². The summed E-state index contributed by atoms with van der Waals surface area (Å²) in [6, 6.07) is 7.65. The maximum Gasteiger partial charge on any atom is 0.248 e. The van der Waals surface area contributed by atoms with Gasteiger partial charge in [-0.3, -0.25) is 4.79 Å². The Morgan fingerprint density at radius 1 is 0.636 bits per heavy atom. The van der Waals surface area contributed by atoms with Crippen molar-refractivity contribution in [3.05, 3.63) is 24.3 Å². The quantitative estimate of drug-likeness (QED) is 0.176. The van der Waals surface area contributed by atoms with Crippen molar-refractivity contribution in [2.75, 3.05) is 0 Å². The fourth-order valence-electron chi connectivity index (χ4n) is 4.69. The van der Waals surface area contributed by atoms with E-state index in [-0.39, 0.29) is 5.91 Å². The molecular weight excluding hydrogens is 406 g/mol. The third-order valence-electron chi connectivity index (χ3n) is 6.83. The topological polar surface area (TPSA) is 47.8 Å². The maximum absolute atomic E-state index is 12.4. The van der Waals surface area contributed by atoms with E-state index in [0.717, 1.165) is 23.9 Å². The fraction of sp³-hybridized carbons (Fsp3) is 0.759. The monoisotopic (exact) mass is 455 g/mol. The van der Waals surface area contributed by atoms with E-state index in [1.54, 1.807) is 0 Å². The van der Waals surface area contributed by atoms with Crippen molar-refractivity contribution in [1.82, 2.24) is 15.0 Å². The zero-order valence-corrected chi connectivity index (χ0v) is 21.4. The number of carbonyl (C=O) groups excluding carboxylic acids is 1. The van der Waals surface area contributed by atoms with Crippen LogP contribution in [-0.2, 0) is 0 Å². The average Bonchev–Trinajstić information content (AvgIpc) is 3.27. The molecule has 2 aromatic rings. The Balaban J connectivity index is 1.30. The third-order valence-corrected chi connectivity index (χ3v) is 6.83. The van der Waals surface area contributed by atoms with Crippen LogP contribution in [0.3, 0.4) is 0 Å². The molecule has 0 unspecified atom stereocenters. The molecule has 0 aliphatic rings. The molecule has 0 saturated heterocycles. The molecule has 0 amide bonds. The van der Waals surface area contributed by atoms with Gasteiger partial charge in [-0.1, -0.05) is 146 Å². The molecule has 0 atom stereocenters. The van der Waals surface area contributed by atoms with Crippen LogP contribution in [0.1, 0.15) is 147 Å². The summed E-state index contributed by atoms with van der Waals surface area (Å²) in [5.74, 6) is 0.0612. The minimum Gasteiger partial charge on any atom is -0.273 e. The molecule has 0 fully saturated rings. The van der Waals surface area contributed by atoms with E-state index < -0.39 is 0 Å². The summed E-state index contributed by atoms with van der Waals surface area (Å²) in [5.41, 5.74) is 1.60. The maximum atomic E-state index is 12.4. The first-order valence-electron chi connectivity index (χ1n) is 14.2. The Hall–Kier alpha value is -1.71. The van der Waals surface area contributed by atoms with E-state index in [2.05, 4.69) is 17.2 Å². The lowest BCUT2D eigenvalue weighted by Crippen LogP contribution is -2.12. The highest BCUT2D eigenvalue weighted by Crippen LogP contribution is 2.16. The van der Waals surface area contributed by atoms with E-state index in [1.165, 1.54) is 120 Å². The number of benzene rings is 1. The molecule has 1 aromatic heterocycles. The third kappa shape index (κ3) is 12.4. The van der Waals surface area contributed by atoms with Gasteiger partial charge >= 0.3 is 0 Å². The minimum atomic E-state index is 0.0612. The molecule has 33 heavy (non-hydrogen) atoms. The van der Waals surface area contributed by atoms with Crippen molar-refractivity contribution in [2.24, 2.45) is 0 Å². The van der Waals surface area contributed by atoms with Crippen LogP contribution in [0.2, 0.25) is 0 Å². The highest BCUT2D eigenvalue weighted by atomic mass is 16.2. The van der Waals surface area contributed by atoms with Crippen LogP contribution in [0, 0.1) is 0 Å². The zero-order valence-electron chi connectivity index (χ0n) is 21.4. The van der Waals surface area contributed by atoms with Crippen molar-refractivity contribution in [3.63, 3.8) is 0 Å². The number of hydrogen-bond acceptors (Lipinski definition) is 3. The highest BCUT2D eigenvalue weighted by Gasteiger charge is 2.10. The predicted octanol–water partition coefficient (Wildman–Crippen LogP) is 9.28. The van der Waals surface area contributed by atoms with Crippen LogP contribution < -0.4 is 0 Å². The largest absolute Gasteiger partial charge is 0.273 e. The summed E-state index contributed by atoms with van der Waals surface area (Å²) in [5, 5.41) is 8.08. The van der Waals surface area contributed by atoms with Crippen molar-refractivity contribution in [2.45, 2.75) is 142 Å². The number of hydrogen-bond donors (Lipinski definition) is 0. The molecule has 0 aliphatic heterocycles. The lowest BCUT2D eigenvalue weighted by atomic mass is 10.0. The normalized spacial score (nSPS) is 11.4. The Morgan fingerprint density at radius 2 is 1.06 bits per heavy atom. The Kier molecular flexibility index (Phi) is 15.6. The Morgan fingerprint density at radius 3 is 1.55 bits per heavy atom. The van der Waals surface area contributed by atoms with E-state index in [4.69, 9.17) is 0 Å². The van der Waals surface area contributed by atoms with Crippen LogP contribution in [0.4, 0.5) is 0 Å². The molecular formula is C29H49N3O. The molecule has 0 spiro atoms. The lowest BCUT2D eigenvalue weighted by Gasteiger charge is -2.04. The molecule has 0 saturated carbocycles. The van der Waals surface area contributed by atoms with Crippen LogP contribution >= 0.6 is 0 Å². The zero-order chi connectivity index (χ0) is 23.4. The summed E-state index contributed by atoms with van der Waals surface area (Å²) in [6.45, 7) is 2.29. The molecule has 0 bridgehead atoms. The van der Waals surface area contributed by atoms with Crippen molar-refractivity contribution >= 4 is 16.9 Å².